The van der Waals surface area contributed by atoms with Crippen LogP contribution in [0.3, 0.4) is 0 Å². The van der Waals surface area contributed by atoms with Crippen molar-refractivity contribution in [3.63, 3.8) is 0 Å². The minimum absolute atomic E-state index is 0.100. The molecule has 0 saturated heterocycles. The van der Waals surface area contributed by atoms with Gasteiger partial charge in [0.2, 0.25) is 5.91 Å². The molecule has 1 aliphatic rings. The first-order valence-electron chi connectivity index (χ1n) is 13.3. The Hall–Kier alpha value is -3.51. The van der Waals surface area contributed by atoms with Crippen molar-refractivity contribution in [3.05, 3.63) is 83.4 Å². The highest BCUT2D eigenvalue weighted by atomic mass is 16.5. The second kappa shape index (κ2) is 12.4. The van der Waals surface area contributed by atoms with Gasteiger partial charge in [0.05, 0.1) is 26.2 Å². The molecule has 0 N–H and O–H groups in total. The number of amides is 1. The highest BCUT2D eigenvalue weighted by Crippen LogP contribution is 2.42. The van der Waals surface area contributed by atoms with Crippen LogP contribution >= 0.6 is 0 Å². The SMILES string of the molecule is COc1ccc(CCN(C)CCCCOc2ccccc2C2(C)Cc3ccccc3N(C)C2=O)cc1OC. The van der Waals surface area contributed by atoms with Crippen LogP contribution in [0.15, 0.2) is 66.7 Å². The topological polar surface area (TPSA) is 51.2 Å². The Balaban J connectivity index is 1.28. The largest absolute Gasteiger partial charge is 0.493 e. The molecule has 4 rings (SSSR count). The van der Waals surface area contributed by atoms with E-state index in [1.165, 1.54) is 11.1 Å². The molecule has 0 aromatic heterocycles. The van der Waals surface area contributed by atoms with Gasteiger partial charge < -0.3 is 24.0 Å². The summed E-state index contributed by atoms with van der Waals surface area (Å²) in [6.07, 6.45) is 3.60. The van der Waals surface area contributed by atoms with Gasteiger partial charge in [-0.1, -0.05) is 42.5 Å². The van der Waals surface area contributed by atoms with Gasteiger partial charge in [0.25, 0.3) is 0 Å². The van der Waals surface area contributed by atoms with Gasteiger partial charge in [-0.3, -0.25) is 4.79 Å². The van der Waals surface area contributed by atoms with Gasteiger partial charge in [0.15, 0.2) is 11.5 Å². The molecule has 0 spiro atoms. The predicted octanol–water partition coefficient (Wildman–Crippen LogP) is 5.51. The lowest BCUT2D eigenvalue weighted by molar-refractivity contribution is -0.123. The summed E-state index contributed by atoms with van der Waals surface area (Å²) in [5.74, 6) is 2.43. The number of benzene rings is 3. The van der Waals surface area contributed by atoms with Crippen molar-refractivity contribution in [1.82, 2.24) is 4.90 Å². The van der Waals surface area contributed by atoms with Gasteiger partial charge in [-0.05, 0) is 81.6 Å². The third kappa shape index (κ3) is 5.97. The minimum atomic E-state index is -0.663. The van der Waals surface area contributed by atoms with E-state index in [2.05, 4.69) is 24.1 Å². The normalized spacial score (nSPS) is 16.9. The van der Waals surface area contributed by atoms with Crippen molar-refractivity contribution in [2.24, 2.45) is 0 Å². The van der Waals surface area contributed by atoms with E-state index in [1.54, 1.807) is 19.1 Å². The molecule has 0 bridgehead atoms. The molecule has 0 fully saturated rings. The maximum absolute atomic E-state index is 13.5. The second-order valence-corrected chi connectivity index (χ2v) is 10.3. The molecule has 6 nitrogen and oxygen atoms in total. The Morgan fingerprint density at radius 1 is 0.895 bits per heavy atom. The minimum Gasteiger partial charge on any atom is -0.493 e. The van der Waals surface area contributed by atoms with Crippen LogP contribution in [0, 0.1) is 0 Å². The van der Waals surface area contributed by atoms with Gasteiger partial charge in [-0.2, -0.15) is 0 Å². The number of anilines is 1. The van der Waals surface area contributed by atoms with E-state index in [-0.39, 0.29) is 5.91 Å². The molecule has 202 valence electrons. The fourth-order valence-corrected chi connectivity index (χ4v) is 5.32. The Kier molecular flexibility index (Phi) is 8.95. The molecule has 1 unspecified atom stereocenters. The number of unbranched alkanes of at least 4 members (excludes halogenated alkanes) is 1. The van der Waals surface area contributed by atoms with Crippen LogP contribution in [0.25, 0.3) is 0 Å². The van der Waals surface area contributed by atoms with Crippen molar-refractivity contribution < 1.29 is 19.0 Å². The Bertz CT molecular complexity index is 1240. The van der Waals surface area contributed by atoms with Crippen molar-refractivity contribution in [1.29, 1.82) is 0 Å². The summed E-state index contributed by atoms with van der Waals surface area (Å²) in [4.78, 5) is 17.6. The van der Waals surface area contributed by atoms with Crippen molar-refractivity contribution in [2.45, 2.75) is 38.0 Å². The van der Waals surface area contributed by atoms with Gasteiger partial charge in [0.1, 0.15) is 5.75 Å². The molecule has 0 radical (unpaired) electrons. The second-order valence-electron chi connectivity index (χ2n) is 10.3. The zero-order chi connectivity index (χ0) is 27.1. The summed E-state index contributed by atoms with van der Waals surface area (Å²) in [6.45, 7) is 4.62. The quantitative estimate of drug-likeness (QED) is 0.297. The molecule has 0 saturated carbocycles. The van der Waals surface area contributed by atoms with E-state index >= 15 is 0 Å². The average Bonchev–Trinajstić information content (AvgIpc) is 2.94. The van der Waals surface area contributed by atoms with E-state index in [0.29, 0.717) is 13.0 Å². The number of likely N-dealkylation sites (N-methyl/N-ethyl adjacent to an activating group) is 2. The molecule has 3 aromatic rings. The molecule has 0 aliphatic carbocycles. The number of rotatable bonds is 12. The number of methoxy groups -OCH3 is 2. The van der Waals surface area contributed by atoms with Crippen LogP contribution in [-0.2, 0) is 23.1 Å². The van der Waals surface area contributed by atoms with Gasteiger partial charge in [0, 0.05) is 24.8 Å². The number of fused-ring (bicyclic) bond motifs is 1. The van der Waals surface area contributed by atoms with Crippen molar-refractivity contribution in [2.75, 3.05) is 52.9 Å². The number of hydrogen-bond donors (Lipinski definition) is 0. The lowest BCUT2D eigenvalue weighted by atomic mass is 9.73. The lowest BCUT2D eigenvalue weighted by Crippen LogP contribution is -2.48. The maximum atomic E-state index is 13.5. The smallest absolute Gasteiger partial charge is 0.237 e. The van der Waals surface area contributed by atoms with Crippen LogP contribution in [0.5, 0.6) is 17.2 Å². The third-order valence-corrected chi connectivity index (χ3v) is 7.58. The molecule has 6 heteroatoms. The summed E-state index contributed by atoms with van der Waals surface area (Å²) >= 11 is 0. The number of ether oxygens (including phenoxy) is 3. The Labute approximate surface area is 227 Å². The first kappa shape index (κ1) is 27.5. The molecule has 1 amide bonds. The average molecular weight is 517 g/mol. The molecule has 1 atom stereocenters. The first-order valence-corrected chi connectivity index (χ1v) is 13.3. The maximum Gasteiger partial charge on any atom is 0.237 e. The van der Waals surface area contributed by atoms with Gasteiger partial charge in [-0.25, -0.2) is 0 Å². The molecule has 1 heterocycles. The van der Waals surface area contributed by atoms with Crippen LogP contribution in [-0.4, -0.2) is 58.8 Å². The van der Waals surface area contributed by atoms with Gasteiger partial charge in [-0.15, -0.1) is 0 Å². The molecule has 38 heavy (non-hydrogen) atoms. The van der Waals surface area contributed by atoms with E-state index in [4.69, 9.17) is 14.2 Å². The van der Waals surface area contributed by atoms with E-state index < -0.39 is 5.41 Å². The zero-order valence-corrected chi connectivity index (χ0v) is 23.3. The Morgan fingerprint density at radius 2 is 1.63 bits per heavy atom. The highest BCUT2D eigenvalue weighted by Gasteiger charge is 2.44. The van der Waals surface area contributed by atoms with Crippen molar-refractivity contribution >= 4 is 11.6 Å². The highest BCUT2D eigenvalue weighted by molar-refractivity contribution is 6.03. The Morgan fingerprint density at radius 3 is 2.42 bits per heavy atom. The fourth-order valence-electron chi connectivity index (χ4n) is 5.32. The number of hydrogen-bond acceptors (Lipinski definition) is 5. The zero-order valence-electron chi connectivity index (χ0n) is 23.3. The summed E-state index contributed by atoms with van der Waals surface area (Å²) in [7, 11) is 7.34. The number of carbonyl (C=O) groups is 1. The van der Waals surface area contributed by atoms with Crippen LogP contribution < -0.4 is 19.1 Å². The number of nitrogens with zero attached hydrogens (tertiary/aromatic N) is 2. The van der Waals surface area contributed by atoms with E-state index in [1.807, 2.05) is 68.6 Å². The standard InChI is InChI=1S/C32H40N2O4/c1-32(23-25-12-6-8-14-27(25)34(3)31(32)35)26-13-7-9-15-28(26)38-21-11-10-19-33(2)20-18-24-16-17-29(36-4)30(22-24)37-5/h6-9,12-17,22H,10-11,18-21,23H2,1-5H3. The number of para-hydroxylation sites is 2. The summed E-state index contributed by atoms with van der Waals surface area (Å²) in [6, 6.07) is 22.2. The molecule has 3 aromatic carbocycles. The summed E-state index contributed by atoms with van der Waals surface area (Å²) < 4.78 is 17.0. The first-order chi connectivity index (χ1) is 18.4. The third-order valence-electron chi connectivity index (χ3n) is 7.58. The number of carbonyl (C=O) groups excluding carboxylic acids is 1. The molecule has 1 aliphatic heterocycles. The lowest BCUT2D eigenvalue weighted by Gasteiger charge is -2.39. The molecular weight excluding hydrogens is 476 g/mol. The van der Waals surface area contributed by atoms with Crippen LogP contribution in [0.1, 0.15) is 36.5 Å². The van der Waals surface area contributed by atoms with Crippen LogP contribution in [0.4, 0.5) is 5.69 Å². The summed E-state index contributed by atoms with van der Waals surface area (Å²) in [5.41, 5.74) is 3.70. The molecular formula is C32H40N2O4. The van der Waals surface area contributed by atoms with Crippen LogP contribution in [0.2, 0.25) is 0 Å². The van der Waals surface area contributed by atoms with E-state index in [9.17, 15) is 4.79 Å². The predicted molar refractivity (Wildman–Crippen MR) is 153 cm³/mol. The van der Waals surface area contributed by atoms with E-state index in [0.717, 1.165) is 60.9 Å². The fraction of sp³-hybridized carbons (Fsp3) is 0.406. The van der Waals surface area contributed by atoms with Crippen molar-refractivity contribution in [3.8, 4) is 17.2 Å². The monoisotopic (exact) mass is 516 g/mol. The summed E-state index contributed by atoms with van der Waals surface area (Å²) in [5, 5.41) is 0. The van der Waals surface area contributed by atoms with Gasteiger partial charge >= 0.3 is 0 Å².